The van der Waals surface area contributed by atoms with Gasteiger partial charge in [0.2, 0.25) is 0 Å². The van der Waals surface area contributed by atoms with E-state index in [1.165, 1.54) is 61.6 Å². The van der Waals surface area contributed by atoms with Crippen molar-refractivity contribution in [3.63, 3.8) is 0 Å². The third-order valence-corrected chi connectivity index (χ3v) is 3.62. The molecule has 0 aromatic heterocycles. The summed E-state index contributed by atoms with van der Waals surface area (Å²) in [5.41, 5.74) is 5.95. The van der Waals surface area contributed by atoms with Crippen LogP contribution in [0.1, 0.15) is 67.7 Å². The Morgan fingerprint density at radius 1 is 0.765 bits per heavy atom. The Balaban J connectivity index is 2.36. The first-order valence-electron chi connectivity index (χ1n) is 7.22. The summed E-state index contributed by atoms with van der Waals surface area (Å²) in [5, 5.41) is 0. The lowest BCUT2D eigenvalue weighted by atomic mass is 9.95. The second-order valence-electron chi connectivity index (χ2n) is 5.40. The van der Waals surface area contributed by atoms with Crippen LogP contribution in [0.25, 0.3) is 0 Å². The molecule has 0 aliphatic rings. The fourth-order valence-corrected chi connectivity index (χ4v) is 2.69. The molecule has 0 radical (unpaired) electrons. The predicted octanol–water partition coefficient (Wildman–Crippen LogP) is 5.51. The Labute approximate surface area is 107 Å². The summed E-state index contributed by atoms with van der Waals surface area (Å²) in [6, 6.07) is 4.64. The fraction of sp³-hybridized carbons (Fsp3) is 0.647. The highest BCUT2D eigenvalue weighted by Crippen LogP contribution is 2.19. The maximum atomic E-state index is 2.32. The minimum Gasteiger partial charge on any atom is -0.0654 e. The third-order valence-electron chi connectivity index (χ3n) is 3.62. The van der Waals surface area contributed by atoms with Crippen molar-refractivity contribution in [1.29, 1.82) is 0 Å². The normalized spacial score (nSPS) is 10.8. The number of hydrogen-bond donors (Lipinski definition) is 0. The van der Waals surface area contributed by atoms with Crippen LogP contribution in [0.3, 0.4) is 0 Å². The Kier molecular flexibility index (Phi) is 6.32. The van der Waals surface area contributed by atoms with Crippen molar-refractivity contribution in [3.05, 3.63) is 34.4 Å². The highest BCUT2D eigenvalue weighted by Gasteiger charge is 2.03. The molecule has 0 N–H and O–H groups in total. The lowest BCUT2D eigenvalue weighted by Gasteiger charge is -2.11. The molecule has 1 aromatic rings. The standard InChI is InChI=1S/C17H28/c1-5-6-7-8-9-10-11-17-15(3)12-14(2)13-16(17)4/h12-13H,5-11H2,1-4H3. The van der Waals surface area contributed by atoms with Gasteiger partial charge >= 0.3 is 0 Å². The highest BCUT2D eigenvalue weighted by molar-refractivity contribution is 5.37. The van der Waals surface area contributed by atoms with Crippen molar-refractivity contribution < 1.29 is 0 Å². The van der Waals surface area contributed by atoms with Crippen molar-refractivity contribution in [2.45, 2.75) is 72.6 Å². The molecule has 17 heavy (non-hydrogen) atoms. The van der Waals surface area contributed by atoms with E-state index in [1.54, 1.807) is 5.56 Å². The summed E-state index contributed by atoms with van der Waals surface area (Å²) >= 11 is 0. The summed E-state index contributed by atoms with van der Waals surface area (Å²) < 4.78 is 0. The van der Waals surface area contributed by atoms with Crippen molar-refractivity contribution in [3.8, 4) is 0 Å². The topological polar surface area (TPSA) is 0 Å². The van der Waals surface area contributed by atoms with Crippen LogP contribution >= 0.6 is 0 Å². The van der Waals surface area contributed by atoms with Gasteiger partial charge in [0.05, 0.1) is 0 Å². The Bertz CT molecular complexity index is 313. The summed E-state index contributed by atoms with van der Waals surface area (Å²) in [6.07, 6.45) is 9.60. The smallest absolute Gasteiger partial charge is 0.0274 e. The first-order valence-corrected chi connectivity index (χ1v) is 7.22. The first-order chi connectivity index (χ1) is 8.15. The van der Waals surface area contributed by atoms with Gasteiger partial charge in [0, 0.05) is 0 Å². The molecule has 0 heterocycles. The van der Waals surface area contributed by atoms with Gasteiger partial charge in [-0.3, -0.25) is 0 Å². The van der Waals surface area contributed by atoms with E-state index in [9.17, 15) is 0 Å². The number of aryl methyl sites for hydroxylation is 3. The van der Waals surface area contributed by atoms with Crippen LogP contribution in [0.2, 0.25) is 0 Å². The fourth-order valence-electron chi connectivity index (χ4n) is 2.69. The van der Waals surface area contributed by atoms with Gasteiger partial charge in [-0.25, -0.2) is 0 Å². The summed E-state index contributed by atoms with van der Waals surface area (Å²) in [5.74, 6) is 0. The van der Waals surface area contributed by atoms with Crippen molar-refractivity contribution >= 4 is 0 Å². The van der Waals surface area contributed by atoms with Gasteiger partial charge in [0.1, 0.15) is 0 Å². The Morgan fingerprint density at radius 3 is 1.88 bits per heavy atom. The molecule has 1 aromatic carbocycles. The average Bonchev–Trinajstić information content (AvgIpc) is 2.26. The van der Waals surface area contributed by atoms with Gasteiger partial charge in [-0.2, -0.15) is 0 Å². The molecule has 0 atom stereocenters. The molecule has 0 fully saturated rings. The van der Waals surface area contributed by atoms with E-state index in [4.69, 9.17) is 0 Å². The summed E-state index contributed by atoms with van der Waals surface area (Å²) in [7, 11) is 0. The van der Waals surface area contributed by atoms with E-state index in [-0.39, 0.29) is 0 Å². The Morgan fingerprint density at radius 2 is 1.29 bits per heavy atom. The van der Waals surface area contributed by atoms with Gasteiger partial charge in [-0.15, -0.1) is 0 Å². The molecule has 0 spiro atoms. The molecule has 96 valence electrons. The lowest BCUT2D eigenvalue weighted by Crippen LogP contribution is -1.95. The maximum Gasteiger partial charge on any atom is -0.0274 e. The largest absolute Gasteiger partial charge is 0.0654 e. The van der Waals surface area contributed by atoms with Crippen LogP contribution in [0.4, 0.5) is 0 Å². The molecule has 0 amide bonds. The number of unbranched alkanes of at least 4 members (excludes halogenated alkanes) is 5. The molecule has 0 unspecified atom stereocenters. The van der Waals surface area contributed by atoms with E-state index in [2.05, 4.69) is 39.8 Å². The molecule has 0 heteroatoms. The third kappa shape index (κ3) is 4.93. The van der Waals surface area contributed by atoms with E-state index >= 15 is 0 Å². The predicted molar refractivity (Wildman–Crippen MR) is 77.7 cm³/mol. The second kappa shape index (κ2) is 7.53. The molecule has 0 nitrogen and oxygen atoms in total. The SMILES string of the molecule is CCCCCCCCc1c(C)cc(C)cc1C. The highest BCUT2D eigenvalue weighted by atomic mass is 14.1. The van der Waals surface area contributed by atoms with Crippen LogP contribution in [-0.2, 0) is 6.42 Å². The van der Waals surface area contributed by atoms with Crippen LogP contribution < -0.4 is 0 Å². The molecule has 1 rings (SSSR count). The lowest BCUT2D eigenvalue weighted by molar-refractivity contribution is 0.606. The van der Waals surface area contributed by atoms with Gasteiger partial charge in [-0.1, -0.05) is 56.7 Å². The van der Waals surface area contributed by atoms with Crippen molar-refractivity contribution in [2.75, 3.05) is 0 Å². The molecule has 0 saturated heterocycles. The molecule has 0 bridgehead atoms. The maximum absolute atomic E-state index is 2.32. The summed E-state index contributed by atoms with van der Waals surface area (Å²) in [4.78, 5) is 0. The number of rotatable bonds is 7. The zero-order valence-corrected chi connectivity index (χ0v) is 12.1. The zero-order chi connectivity index (χ0) is 12.7. The van der Waals surface area contributed by atoms with Gasteiger partial charge < -0.3 is 0 Å². The van der Waals surface area contributed by atoms with Crippen molar-refractivity contribution in [2.24, 2.45) is 0 Å². The number of hydrogen-bond acceptors (Lipinski definition) is 0. The van der Waals surface area contributed by atoms with E-state index < -0.39 is 0 Å². The molecule has 0 aliphatic heterocycles. The first kappa shape index (κ1) is 14.3. The molecular formula is C17H28. The van der Waals surface area contributed by atoms with Gasteiger partial charge in [0.25, 0.3) is 0 Å². The number of benzene rings is 1. The Hall–Kier alpha value is -0.780. The van der Waals surface area contributed by atoms with Crippen LogP contribution in [0.5, 0.6) is 0 Å². The van der Waals surface area contributed by atoms with Gasteiger partial charge in [0.15, 0.2) is 0 Å². The summed E-state index contributed by atoms with van der Waals surface area (Å²) in [6.45, 7) is 8.98. The van der Waals surface area contributed by atoms with Gasteiger partial charge in [-0.05, 0) is 50.3 Å². The zero-order valence-electron chi connectivity index (χ0n) is 12.1. The minimum absolute atomic E-state index is 1.27. The molecule has 0 saturated carbocycles. The quantitative estimate of drug-likeness (QED) is 0.543. The van der Waals surface area contributed by atoms with E-state index in [0.29, 0.717) is 0 Å². The van der Waals surface area contributed by atoms with Crippen LogP contribution in [0.15, 0.2) is 12.1 Å². The monoisotopic (exact) mass is 232 g/mol. The second-order valence-corrected chi connectivity index (χ2v) is 5.40. The minimum atomic E-state index is 1.27. The van der Waals surface area contributed by atoms with Crippen LogP contribution in [0, 0.1) is 20.8 Å². The van der Waals surface area contributed by atoms with Crippen LogP contribution in [-0.4, -0.2) is 0 Å². The van der Waals surface area contributed by atoms with Crippen molar-refractivity contribution in [1.82, 2.24) is 0 Å². The van der Waals surface area contributed by atoms with E-state index in [1.807, 2.05) is 0 Å². The molecule has 0 aliphatic carbocycles. The average molecular weight is 232 g/mol. The van der Waals surface area contributed by atoms with E-state index in [0.717, 1.165) is 0 Å². The molecular weight excluding hydrogens is 204 g/mol.